The first-order chi connectivity index (χ1) is 8.30. The van der Waals surface area contributed by atoms with Crippen molar-refractivity contribution in [1.29, 1.82) is 0 Å². The van der Waals surface area contributed by atoms with Crippen molar-refractivity contribution in [2.24, 2.45) is 7.05 Å². The van der Waals surface area contributed by atoms with E-state index in [2.05, 4.69) is 5.10 Å². The predicted octanol–water partition coefficient (Wildman–Crippen LogP) is 0.948. The monoisotopic (exact) mass is 250 g/mol. The second kappa shape index (κ2) is 3.97. The number of carbonyl (C=O) groups excluding carboxylic acids is 2. The minimum atomic E-state index is -1.21. The highest BCUT2D eigenvalue weighted by atomic mass is 16.7. The topological polar surface area (TPSA) is 70.4 Å². The summed E-state index contributed by atoms with van der Waals surface area (Å²) in [4.78, 5) is 23.4. The summed E-state index contributed by atoms with van der Waals surface area (Å²) >= 11 is 0. The van der Waals surface area contributed by atoms with Gasteiger partial charge in [-0.3, -0.25) is 4.68 Å². The molecule has 0 aromatic carbocycles. The summed E-state index contributed by atoms with van der Waals surface area (Å²) in [5.41, 5.74) is 1.40. The van der Waals surface area contributed by atoms with Crippen molar-refractivity contribution < 1.29 is 19.1 Å². The van der Waals surface area contributed by atoms with Gasteiger partial charge < -0.3 is 9.47 Å². The highest BCUT2D eigenvalue weighted by Gasteiger charge is 2.38. The third-order valence-electron chi connectivity index (χ3n) is 2.69. The lowest BCUT2D eigenvalue weighted by atomic mass is 10.1. The fourth-order valence-electron chi connectivity index (χ4n) is 1.59. The lowest BCUT2D eigenvalue weighted by molar-refractivity contribution is -0.222. The molecule has 2 heterocycles. The van der Waals surface area contributed by atoms with Crippen molar-refractivity contribution in [2.75, 3.05) is 0 Å². The van der Waals surface area contributed by atoms with Gasteiger partial charge in [0.1, 0.15) is 5.57 Å². The van der Waals surface area contributed by atoms with Gasteiger partial charge in [-0.05, 0) is 13.0 Å². The summed E-state index contributed by atoms with van der Waals surface area (Å²) < 4.78 is 11.6. The number of hydrogen-bond donors (Lipinski definition) is 0. The van der Waals surface area contributed by atoms with Crippen molar-refractivity contribution in [2.45, 2.75) is 26.6 Å². The number of esters is 2. The van der Waals surface area contributed by atoms with E-state index in [0.29, 0.717) is 5.56 Å². The fourth-order valence-corrected chi connectivity index (χ4v) is 1.59. The number of carbonyl (C=O) groups is 2. The summed E-state index contributed by atoms with van der Waals surface area (Å²) in [6, 6.07) is 0. The Labute approximate surface area is 104 Å². The molecule has 1 aromatic heterocycles. The molecule has 0 bridgehead atoms. The zero-order valence-corrected chi connectivity index (χ0v) is 10.7. The van der Waals surface area contributed by atoms with Gasteiger partial charge >= 0.3 is 11.9 Å². The molecule has 0 N–H and O–H groups in total. The second-order valence-electron chi connectivity index (χ2n) is 4.55. The van der Waals surface area contributed by atoms with Crippen LogP contribution in [0.4, 0.5) is 0 Å². The van der Waals surface area contributed by atoms with Gasteiger partial charge in [0.15, 0.2) is 0 Å². The molecule has 1 saturated heterocycles. The van der Waals surface area contributed by atoms with Crippen LogP contribution in [0.5, 0.6) is 0 Å². The van der Waals surface area contributed by atoms with E-state index in [1.165, 1.54) is 19.9 Å². The Bertz CT molecular complexity index is 532. The van der Waals surface area contributed by atoms with Crippen LogP contribution >= 0.6 is 0 Å². The molecular weight excluding hydrogens is 236 g/mol. The normalized spacial score (nSPS) is 18.3. The van der Waals surface area contributed by atoms with Gasteiger partial charge in [-0.15, -0.1) is 0 Å². The average molecular weight is 250 g/mol. The smallest absolute Gasteiger partial charge is 0.348 e. The quantitative estimate of drug-likeness (QED) is 0.421. The SMILES string of the molecule is Cc1c(C=C2C(=O)OC(C)(C)OC2=O)cnn1C. The maximum absolute atomic E-state index is 11.7. The van der Waals surface area contributed by atoms with Crippen LogP contribution in [-0.2, 0) is 26.1 Å². The fraction of sp³-hybridized carbons (Fsp3) is 0.417. The van der Waals surface area contributed by atoms with E-state index in [9.17, 15) is 9.59 Å². The first-order valence-corrected chi connectivity index (χ1v) is 5.47. The van der Waals surface area contributed by atoms with Crippen LogP contribution in [0.1, 0.15) is 25.1 Å². The Balaban J connectivity index is 2.37. The molecule has 0 amide bonds. The standard InChI is InChI=1S/C12H14N2O4/c1-7-8(6-13-14(7)4)5-9-10(15)17-12(2,3)18-11(9)16/h5-6H,1-4H3. The summed E-state index contributed by atoms with van der Waals surface area (Å²) in [6.45, 7) is 4.85. The third-order valence-corrected chi connectivity index (χ3v) is 2.69. The van der Waals surface area contributed by atoms with E-state index in [0.717, 1.165) is 5.69 Å². The Morgan fingerprint density at radius 3 is 2.28 bits per heavy atom. The molecule has 1 aliphatic rings. The molecule has 1 aromatic rings. The van der Waals surface area contributed by atoms with Crippen LogP contribution in [0.25, 0.3) is 6.08 Å². The van der Waals surface area contributed by atoms with Crippen molar-refractivity contribution in [3.63, 3.8) is 0 Å². The molecule has 96 valence electrons. The Hall–Kier alpha value is -2.11. The molecule has 1 aliphatic heterocycles. The van der Waals surface area contributed by atoms with Crippen molar-refractivity contribution in [3.8, 4) is 0 Å². The maximum atomic E-state index is 11.7. The summed E-state index contributed by atoms with van der Waals surface area (Å²) in [7, 11) is 1.78. The maximum Gasteiger partial charge on any atom is 0.348 e. The zero-order chi connectivity index (χ0) is 13.5. The van der Waals surface area contributed by atoms with Gasteiger partial charge in [0.2, 0.25) is 0 Å². The number of hydrogen-bond acceptors (Lipinski definition) is 5. The Morgan fingerprint density at radius 1 is 1.28 bits per heavy atom. The molecule has 6 nitrogen and oxygen atoms in total. The van der Waals surface area contributed by atoms with Gasteiger partial charge in [0.05, 0.1) is 6.20 Å². The van der Waals surface area contributed by atoms with Crippen molar-refractivity contribution >= 4 is 18.0 Å². The second-order valence-corrected chi connectivity index (χ2v) is 4.55. The Morgan fingerprint density at radius 2 is 1.83 bits per heavy atom. The zero-order valence-electron chi connectivity index (χ0n) is 10.7. The largest absolute Gasteiger partial charge is 0.419 e. The highest BCUT2D eigenvalue weighted by Crippen LogP contribution is 2.24. The van der Waals surface area contributed by atoms with Crippen LogP contribution in [-0.4, -0.2) is 27.5 Å². The minimum absolute atomic E-state index is 0.120. The number of ether oxygens (including phenoxy) is 2. The lowest BCUT2D eigenvalue weighted by Gasteiger charge is -2.29. The van der Waals surface area contributed by atoms with Gasteiger partial charge in [0.25, 0.3) is 5.79 Å². The number of nitrogens with zero attached hydrogens (tertiary/aromatic N) is 2. The summed E-state index contributed by atoms with van der Waals surface area (Å²) in [5.74, 6) is -2.57. The molecule has 0 atom stereocenters. The summed E-state index contributed by atoms with van der Waals surface area (Å²) in [6.07, 6.45) is 3.00. The van der Waals surface area contributed by atoms with E-state index >= 15 is 0 Å². The minimum Gasteiger partial charge on any atom is -0.419 e. The molecule has 0 saturated carbocycles. The van der Waals surface area contributed by atoms with E-state index < -0.39 is 17.7 Å². The van der Waals surface area contributed by atoms with Crippen LogP contribution in [0.2, 0.25) is 0 Å². The van der Waals surface area contributed by atoms with Crippen LogP contribution in [0.3, 0.4) is 0 Å². The molecule has 18 heavy (non-hydrogen) atoms. The lowest BCUT2D eigenvalue weighted by Crippen LogP contribution is -2.41. The van der Waals surface area contributed by atoms with E-state index in [4.69, 9.17) is 9.47 Å². The molecule has 0 aliphatic carbocycles. The molecule has 0 radical (unpaired) electrons. The average Bonchev–Trinajstić information content (AvgIpc) is 2.53. The van der Waals surface area contributed by atoms with E-state index in [1.54, 1.807) is 17.9 Å². The van der Waals surface area contributed by atoms with Crippen LogP contribution in [0.15, 0.2) is 11.8 Å². The van der Waals surface area contributed by atoms with Crippen LogP contribution < -0.4 is 0 Å². The third kappa shape index (κ3) is 2.13. The Kier molecular flexibility index (Phi) is 2.73. The first-order valence-electron chi connectivity index (χ1n) is 5.47. The summed E-state index contributed by atoms with van der Waals surface area (Å²) in [5, 5.41) is 4.03. The highest BCUT2D eigenvalue weighted by molar-refractivity contribution is 6.18. The number of aryl methyl sites for hydroxylation is 1. The van der Waals surface area contributed by atoms with Gasteiger partial charge in [-0.25, -0.2) is 9.59 Å². The first kappa shape index (κ1) is 12.3. The molecule has 1 fully saturated rings. The number of aromatic nitrogens is 2. The molecule has 2 rings (SSSR count). The van der Waals surface area contributed by atoms with E-state index in [-0.39, 0.29) is 5.57 Å². The number of rotatable bonds is 1. The van der Waals surface area contributed by atoms with Gasteiger partial charge in [-0.2, -0.15) is 5.10 Å². The molecule has 6 heteroatoms. The van der Waals surface area contributed by atoms with Crippen molar-refractivity contribution in [3.05, 3.63) is 23.0 Å². The van der Waals surface area contributed by atoms with Crippen LogP contribution in [0, 0.1) is 6.92 Å². The number of cyclic esters (lactones) is 2. The molecular formula is C12H14N2O4. The van der Waals surface area contributed by atoms with E-state index in [1.807, 2.05) is 6.92 Å². The van der Waals surface area contributed by atoms with Gasteiger partial charge in [0, 0.05) is 32.2 Å². The molecule has 0 spiro atoms. The molecule has 0 unspecified atom stereocenters. The predicted molar refractivity (Wildman–Crippen MR) is 62.2 cm³/mol. The van der Waals surface area contributed by atoms with Crippen molar-refractivity contribution in [1.82, 2.24) is 9.78 Å². The van der Waals surface area contributed by atoms with Gasteiger partial charge in [-0.1, -0.05) is 0 Å².